The van der Waals surface area contributed by atoms with Crippen LogP contribution in [0.1, 0.15) is 50.3 Å². The summed E-state index contributed by atoms with van der Waals surface area (Å²) in [7, 11) is -4.47. The molecule has 0 aliphatic heterocycles. The molecule has 0 atom stereocenters. The molecular formula is C27H31ClFN3O5S2. The van der Waals surface area contributed by atoms with Crippen molar-refractivity contribution in [3.63, 3.8) is 0 Å². The summed E-state index contributed by atoms with van der Waals surface area (Å²) >= 11 is 7.58. The molecule has 0 saturated heterocycles. The first-order valence-electron chi connectivity index (χ1n) is 12.2. The Hall–Kier alpha value is -3.02. The van der Waals surface area contributed by atoms with Gasteiger partial charge in [-0.2, -0.15) is 0 Å². The van der Waals surface area contributed by atoms with Gasteiger partial charge in [0.05, 0.1) is 17.3 Å². The second kappa shape index (κ2) is 12.4. The molecule has 39 heavy (non-hydrogen) atoms. The predicted molar refractivity (Wildman–Crippen MR) is 152 cm³/mol. The first-order chi connectivity index (χ1) is 18.2. The minimum atomic E-state index is -4.47. The summed E-state index contributed by atoms with van der Waals surface area (Å²) in [6, 6.07) is 7.45. The quantitative estimate of drug-likeness (QED) is 0.192. The number of aryl methyl sites for hydroxylation is 2. The van der Waals surface area contributed by atoms with E-state index < -0.39 is 32.4 Å². The van der Waals surface area contributed by atoms with Gasteiger partial charge in [-0.25, -0.2) is 26.9 Å². The molecule has 2 aromatic carbocycles. The molecule has 210 valence electrons. The van der Waals surface area contributed by atoms with E-state index in [0.717, 1.165) is 43.8 Å². The van der Waals surface area contributed by atoms with Gasteiger partial charge in [-0.1, -0.05) is 29.8 Å². The van der Waals surface area contributed by atoms with Crippen LogP contribution >= 0.6 is 22.9 Å². The number of hydrogen-bond acceptors (Lipinski definition) is 7. The summed E-state index contributed by atoms with van der Waals surface area (Å²) in [5.41, 5.74) is 1.82. The number of hydrogen-bond donors (Lipinski definition) is 0. The van der Waals surface area contributed by atoms with Gasteiger partial charge >= 0.3 is 6.09 Å². The number of amides is 1. The zero-order valence-corrected chi connectivity index (χ0v) is 24.8. The van der Waals surface area contributed by atoms with Gasteiger partial charge < -0.3 is 9.53 Å². The van der Waals surface area contributed by atoms with Gasteiger partial charge in [-0.05, 0) is 63.8 Å². The lowest BCUT2D eigenvalue weighted by atomic mass is 10.1. The van der Waals surface area contributed by atoms with Gasteiger partial charge in [0.15, 0.2) is 5.13 Å². The average Bonchev–Trinajstić information content (AvgIpc) is 3.37. The molecule has 0 bridgehead atoms. The lowest BCUT2D eigenvalue weighted by Crippen LogP contribution is -2.38. The molecule has 1 heterocycles. The predicted octanol–water partition coefficient (Wildman–Crippen LogP) is 6.67. The fraction of sp³-hybridized carbons (Fsp3) is 0.370. The molecule has 0 aliphatic carbocycles. The summed E-state index contributed by atoms with van der Waals surface area (Å²) in [5.74, 6) is -1.10. The minimum Gasteiger partial charge on any atom is -0.443 e. The zero-order valence-electron chi connectivity index (χ0n) is 22.4. The van der Waals surface area contributed by atoms with E-state index in [-0.39, 0.29) is 41.8 Å². The normalized spacial score (nSPS) is 11.8. The van der Waals surface area contributed by atoms with Crippen molar-refractivity contribution in [2.24, 2.45) is 0 Å². The number of benzene rings is 2. The molecule has 0 unspecified atom stereocenters. The minimum absolute atomic E-state index is 0.0108. The maximum atomic E-state index is 15.6. The Morgan fingerprint density at radius 2 is 1.90 bits per heavy atom. The van der Waals surface area contributed by atoms with Gasteiger partial charge in [0.25, 0.3) is 10.0 Å². The monoisotopic (exact) mass is 595 g/mol. The van der Waals surface area contributed by atoms with Gasteiger partial charge in [-0.15, -0.1) is 11.3 Å². The Morgan fingerprint density at radius 1 is 1.18 bits per heavy atom. The van der Waals surface area contributed by atoms with Crippen molar-refractivity contribution in [1.29, 1.82) is 0 Å². The van der Waals surface area contributed by atoms with Crippen LogP contribution in [0.25, 0.3) is 0 Å². The molecule has 0 saturated carbocycles. The van der Waals surface area contributed by atoms with Crippen molar-refractivity contribution in [1.82, 2.24) is 4.98 Å². The van der Waals surface area contributed by atoms with E-state index in [1.54, 1.807) is 26.2 Å². The van der Waals surface area contributed by atoms with E-state index in [4.69, 9.17) is 16.3 Å². The molecule has 8 nitrogen and oxygen atoms in total. The third kappa shape index (κ3) is 7.55. The highest BCUT2D eigenvalue weighted by Gasteiger charge is 2.33. The Morgan fingerprint density at radius 3 is 2.49 bits per heavy atom. The molecule has 3 rings (SSSR count). The zero-order chi connectivity index (χ0) is 29.0. The molecule has 1 aromatic heterocycles. The Bertz CT molecular complexity index is 1440. The standard InChI is InChI=1S/C27H31ClFN3O5S2/c1-18-8-9-20(14-19(18)2)17-32(25-30-10-13-38-25)39(35,36)24-15-21(28)23(16-22(24)29)31(11-6-7-12-33)26(34)37-27(3,4)5/h8-10,12-16H,6-7,11,17H2,1-5H3. The van der Waals surface area contributed by atoms with Gasteiger partial charge in [0, 0.05) is 30.6 Å². The second-order valence-electron chi connectivity index (χ2n) is 9.92. The number of carbonyl (C=O) groups is 2. The van der Waals surface area contributed by atoms with Crippen LogP contribution in [-0.4, -0.2) is 37.9 Å². The molecule has 0 N–H and O–H groups in total. The number of carbonyl (C=O) groups excluding carboxylic acids is 2. The average molecular weight is 596 g/mol. The molecule has 0 fully saturated rings. The fourth-order valence-electron chi connectivity index (χ4n) is 3.66. The van der Waals surface area contributed by atoms with Gasteiger partial charge in [-0.3, -0.25) is 4.90 Å². The van der Waals surface area contributed by atoms with E-state index >= 15 is 4.39 Å². The van der Waals surface area contributed by atoms with Gasteiger partial charge in [0.1, 0.15) is 22.6 Å². The van der Waals surface area contributed by atoms with Crippen LogP contribution in [0.2, 0.25) is 5.02 Å². The summed E-state index contributed by atoms with van der Waals surface area (Å²) in [4.78, 5) is 28.3. The van der Waals surface area contributed by atoms with Crippen LogP contribution in [-0.2, 0) is 26.1 Å². The lowest BCUT2D eigenvalue weighted by molar-refractivity contribution is -0.107. The fourth-order valence-corrected chi connectivity index (χ4v) is 6.35. The maximum Gasteiger partial charge on any atom is 0.414 e. The van der Waals surface area contributed by atoms with E-state index in [2.05, 4.69) is 4.98 Å². The van der Waals surface area contributed by atoms with E-state index in [9.17, 15) is 18.0 Å². The Kier molecular flexibility index (Phi) is 9.74. The van der Waals surface area contributed by atoms with Gasteiger partial charge in [0.2, 0.25) is 0 Å². The van der Waals surface area contributed by atoms with Crippen LogP contribution in [0.3, 0.4) is 0 Å². The highest BCUT2D eigenvalue weighted by atomic mass is 35.5. The molecule has 0 spiro atoms. The summed E-state index contributed by atoms with van der Waals surface area (Å²) in [6.07, 6.45) is 1.80. The van der Waals surface area contributed by atoms with Crippen molar-refractivity contribution in [2.75, 3.05) is 15.7 Å². The highest BCUT2D eigenvalue weighted by molar-refractivity contribution is 7.93. The van der Waals surface area contributed by atoms with Crippen molar-refractivity contribution in [3.8, 4) is 0 Å². The lowest BCUT2D eigenvalue weighted by Gasteiger charge is -2.28. The summed E-state index contributed by atoms with van der Waals surface area (Å²) in [5, 5.41) is 1.62. The third-order valence-electron chi connectivity index (χ3n) is 5.71. The largest absolute Gasteiger partial charge is 0.443 e. The van der Waals surface area contributed by atoms with Crippen molar-refractivity contribution in [3.05, 3.63) is 69.4 Å². The first kappa shape index (κ1) is 30.5. The Labute approximate surface area is 237 Å². The number of nitrogens with zero attached hydrogens (tertiary/aromatic N) is 3. The maximum absolute atomic E-state index is 15.6. The number of halogens is 2. The topological polar surface area (TPSA) is 96.9 Å². The molecule has 12 heteroatoms. The van der Waals surface area contributed by atoms with Crippen LogP contribution in [0.4, 0.5) is 20.0 Å². The van der Waals surface area contributed by atoms with Crippen molar-refractivity contribution < 1.29 is 27.1 Å². The van der Waals surface area contributed by atoms with Crippen LogP contribution in [0.15, 0.2) is 46.8 Å². The molecule has 0 aliphatic rings. The van der Waals surface area contributed by atoms with E-state index in [1.165, 1.54) is 6.20 Å². The SMILES string of the molecule is Cc1ccc(CN(c2nccs2)S(=O)(=O)c2cc(Cl)c(N(CCCC=O)C(=O)OC(C)(C)C)cc2F)cc1C. The summed E-state index contributed by atoms with van der Waals surface area (Å²) < 4.78 is 49.7. The van der Waals surface area contributed by atoms with Crippen LogP contribution in [0, 0.1) is 19.7 Å². The number of unbranched alkanes of at least 4 members (excludes halogenated alkanes) is 1. The molecule has 1 amide bonds. The number of aldehydes is 1. The van der Waals surface area contributed by atoms with E-state index in [1.807, 2.05) is 32.0 Å². The highest BCUT2D eigenvalue weighted by Crippen LogP contribution is 2.35. The second-order valence-corrected chi connectivity index (χ2v) is 13.0. The summed E-state index contributed by atoms with van der Waals surface area (Å²) in [6.45, 7) is 8.83. The van der Waals surface area contributed by atoms with Crippen molar-refractivity contribution in [2.45, 2.75) is 64.5 Å². The molecule has 0 radical (unpaired) electrons. The number of rotatable bonds is 10. The number of ether oxygens (including phenoxy) is 1. The van der Waals surface area contributed by atoms with Crippen molar-refractivity contribution >= 4 is 56.2 Å². The van der Waals surface area contributed by atoms with E-state index in [0.29, 0.717) is 11.8 Å². The smallest absolute Gasteiger partial charge is 0.414 e. The molecular weight excluding hydrogens is 565 g/mol. The van der Waals surface area contributed by atoms with Crippen LogP contribution < -0.4 is 9.21 Å². The number of sulfonamides is 1. The number of anilines is 2. The third-order valence-corrected chi connectivity index (χ3v) is 8.67. The molecule has 3 aromatic rings. The number of thiazole rings is 1. The van der Waals surface area contributed by atoms with Crippen LogP contribution in [0.5, 0.6) is 0 Å². The Balaban J connectivity index is 2.05. The number of aromatic nitrogens is 1. The first-order valence-corrected chi connectivity index (χ1v) is 14.9.